The average Bonchev–Trinajstić information content (AvgIpc) is 2.39. The van der Waals surface area contributed by atoms with Crippen molar-refractivity contribution in [2.75, 3.05) is 5.32 Å². The molecule has 1 aromatic carbocycles. The zero-order valence-corrected chi connectivity index (χ0v) is 13.3. The minimum atomic E-state index is -1.12. The quantitative estimate of drug-likeness (QED) is 0.756. The van der Waals surface area contributed by atoms with Crippen LogP contribution in [0.5, 0.6) is 0 Å². The number of rotatable bonds is 5. The monoisotopic (exact) mass is 353 g/mol. The second kappa shape index (κ2) is 7.64. The summed E-state index contributed by atoms with van der Waals surface area (Å²) >= 11 is 3.26. The van der Waals surface area contributed by atoms with Gasteiger partial charge in [-0.3, -0.25) is 4.79 Å². The molecule has 0 bridgehead atoms. The first-order valence-electron chi connectivity index (χ1n) is 6.33. The van der Waals surface area contributed by atoms with Crippen molar-refractivity contribution in [1.82, 2.24) is 5.32 Å². The molecule has 0 aliphatic carbocycles. The normalized spacial score (nSPS) is 12.9. The van der Waals surface area contributed by atoms with Gasteiger partial charge >= 0.3 is 6.09 Å². The lowest BCUT2D eigenvalue weighted by Gasteiger charge is -2.17. The standard InChI is InChI=1S/C14H16BrN3O3/c1-8(5-9(2)17-14(20)21)13(19)18-12-4-3-11(15)6-10(12)7-16/h3-4,6,8-9,17H,5H2,1-2H3,(H,18,19)(H,20,21). The van der Waals surface area contributed by atoms with Crippen molar-refractivity contribution in [2.24, 2.45) is 5.92 Å². The fraction of sp³-hybridized carbons (Fsp3) is 0.357. The average molecular weight is 354 g/mol. The maximum atomic E-state index is 12.1. The van der Waals surface area contributed by atoms with E-state index in [1.165, 1.54) is 0 Å². The molecule has 1 rings (SSSR count). The van der Waals surface area contributed by atoms with Crippen molar-refractivity contribution in [3.8, 4) is 6.07 Å². The van der Waals surface area contributed by atoms with Crippen LogP contribution in [0.1, 0.15) is 25.8 Å². The lowest BCUT2D eigenvalue weighted by Crippen LogP contribution is -2.34. The maximum absolute atomic E-state index is 12.1. The highest BCUT2D eigenvalue weighted by atomic mass is 79.9. The second-order valence-corrected chi connectivity index (χ2v) is 5.69. The van der Waals surface area contributed by atoms with Gasteiger partial charge in [0.1, 0.15) is 6.07 Å². The van der Waals surface area contributed by atoms with Crippen LogP contribution in [0.3, 0.4) is 0 Å². The second-order valence-electron chi connectivity index (χ2n) is 4.78. The van der Waals surface area contributed by atoms with Crippen molar-refractivity contribution < 1.29 is 14.7 Å². The van der Waals surface area contributed by atoms with E-state index in [1.807, 2.05) is 6.07 Å². The Labute approximate surface area is 131 Å². The van der Waals surface area contributed by atoms with Gasteiger partial charge in [-0.25, -0.2) is 4.79 Å². The molecule has 3 N–H and O–H groups in total. The molecule has 0 saturated heterocycles. The van der Waals surface area contributed by atoms with Gasteiger partial charge in [0.05, 0.1) is 11.3 Å². The van der Waals surface area contributed by atoms with E-state index >= 15 is 0 Å². The first-order valence-corrected chi connectivity index (χ1v) is 7.12. The Hall–Kier alpha value is -2.07. The number of halogens is 1. The van der Waals surface area contributed by atoms with Crippen LogP contribution >= 0.6 is 15.9 Å². The molecule has 6 nitrogen and oxygen atoms in total. The Morgan fingerprint density at radius 3 is 2.67 bits per heavy atom. The van der Waals surface area contributed by atoms with E-state index < -0.39 is 6.09 Å². The molecule has 112 valence electrons. The SMILES string of the molecule is CC(CC(C)C(=O)Nc1ccc(Br)cc1C#N)NC(=O)O. The van der Waals surface area contributed by atoms with Gasteiger partial charge in [-0.2, -0.15) is 5.26 Å². The summed E-state index contributed by atoms with van der Waals surface area (Å²) in [7, 11) is 0. The molecular weight excluding hydrogens is 338 g/mol. The predicted octanol–water partition coefficient (Wildman–Crippen LogP) is 2.94. The number of anilines is 1. The van der Waals surface area contributed by atoms with Crippen LogP contribution in [0, 0.1) is 17.2 Å². The van der Waals surface area contributed by atoms with E-state index in [9.17, 15) is 9.59 Å². The number of nitrogens with zero attached hydrogens (tertiary/aromatic N) is 1. The summed E-state index contributed by atoms with van der Waals surface area (Å²) in [6.07, 6.45) is -0.744. The van der Waals surface area contributed by atoms with Crippen molar-refractivity contribution >= 4 is 33.6 Å². The van der Waals surface area contributed by atoms with E-state index in [0.717, 1.165) is 4.47 Å². The Morgan fingerprint density at radius 1 is 1.43 bits per heavy atom. The number of nitrogens with one attached hydrogen (secondary N) is 2. The molecule has 2 atom stereocenters. The molecule has 21 heavy (non-hydrogen) atoms. The molecule has 2 amide bonds. The lowest BCUT2D eigenvalue weighted by atomic mass is 10.0. The smallest absolute Gasteiger partial charge is 0.404 e. The highest BCUT2D eigenvalue weighted by molar-refractivity contribution is 9.10. The number of carbonyl (C=O) groups excluding carboxylic acids is 1. The third-order valence-electron chi connectivity index (χ3n) is 2.88. The summed E-state index contributed by atoms with van der Waals surface area (Å²) in [5.41, 5.74) is 0.804. The molecule has 0 heterocycles. The van der Waals surface area contributed by atoms with Gasteiger partial charge < -0.3 is 15.7 Å². The van der Waals surface area contributed by atoms with Gasteiger partial charge in [-0.1, -0.05) is 22.9 Å². The third-order valence-corrected chi connectivity index (χ3v) is 3.38. The number of hydrogen-bond donors (Lipinski definition) is 3. The molecule has 0 radical (unpaired) electrons. The summed E-state index contributed by atoms with van der Waals surface area (Å²) in [6.45, 7) is 3.40. The van der Waals surface area contributed by atoms with Gasteiger partial charge in [-0.15, -0.1) is 0 Å². The number of nitriles is 1. The van der Waals surface area contributed by atoms with Gasteiger partial charge in [-0.05, 0) is 31.5 Å². The van der Waals surface area contributed by atoms with Crippen LogP contribution < -0.4 is 10.6 Å². The van der Waals surface area contributed by atoms with Crippen LogP contribution in [0.2, 0.25) is 0 Å². The van der Waals surface area contributed by atoms with E-state index in [0.29, 0.717) is 17.7 Å². The molecule has 1 aromatic rings. The molecule has 0 aromatic heterocycles. The minimum Gasteiger partial charge on any atom is -0.465 e. The van der Waals surface area contributed by atoms with Crippen molar-refractivity contribution in [1.29, 1.82) is 5.26 Å². The lowest BCUT2D eigenvalue weighted by molar-refractivity contribution is -0.119. The van der Waals surface area contributed by atoms with E-state index in [2.05, 4.69) is 26.6 Å². The molecule has 0 saturated carbocycles. The summed E-state index contributed by atoms with van der Waals surface area (Å²) in [6, 6.07) is 6.68. The number of carbonyl (C=O) groups is 2. The Morgan fingerprint density at radius 2 is 2.10 bits per heavy atom. The maximum Gasteiger partial charge on any atom is 0.404 e. The molecule has 0 fully saturated rings. The topological polar surface area (TPSA) is 102 Å². The van der Waals surface area contributed by atoms with Gasteiger partial charge in [0.15, 0.2) is 0 Å². The largest absolute Gasteiger partial charge is 0.465 e. The van der Waals surface area contributed by atoms with Crippen molar-refractivity contribution in [3.63, 3.8) is 0 Å². The summed E-state index contributed by atoms with van der Waals surface area (Å²) in [5.74, 6) is -0.644. The Bertz CT molecular complexity index is 583. The van der Waals surface area contributed by atoms with E-state index in [-0.39, 0.29) is 17.9 Å². The Balaban J connectivity index is 2.69. The number of hydrogen-bond acceptors (Lipinski definition) is 3. The van der Waals surface area contributed by atoms with E-state index in [1.54, 1.807) is 32.0 Å². The first-order chi connectivity index (χ1) is 9.83. The highest BCUT2D eigenvalue weighted by Crippen LogP contribution is 2.21. The summed E-state index contributed by atoms with van der Waals surface area (Å²) in [4.78, 5) is 22.6. The Kier molecular flexibility index (Phi) is 6.18. The first kappa shape index (κ1) is 17.0. The fourth-order valence-corrected chi connectivity index (χ4v) is 2.24. The van der Waals surface area contributed by atoms with Crippen molar-refractivity contribution in [3.05, 3.63) is 28.2 Å². The number of amides is 2. The molecule has 0 aliphatic rings. The molecular formula is C14H16BrN3O3. The minimum absolute atomic E-state index is 0.257. The fourth-order valence-electron chi connectivity index (χ4n) is 1.88. The van der Waals surface area contributed by atoms with E-state index in [4.69, 9.17) is 10.4 Å². The van der Waals surface area contributed by atoms with Crippen LogP contribution in [0.15, 0.2) is 22.7 Å². The van der Waals surface area contributed by atoms with Crippen molar-refractivity contribution in [2.45, 2.75) is 26.3 Å². The zero-order valence-electron chi connectivity index (χ0n) is 11.7. The summed E-state index contributed by atoms with van der Waals surface area (Å²) in [5, 5.41) is 22.6. The van der Waals surface area contributed by atoms with Crippen LogP contribution in [-0.4, -0.2) is 23.1 Å². The molecule has 2 unspecified atom stereocenters. The number of benzene rings is 1. The van der Waals surface area contributed by atoms with Gasteiger partial charge in [0.25, 0.3) is 0 Å². The number of carboxylic acid groups (broad SMARTS) is 1. The molecule has 0 spiro atoms. The summed E-state index contributed by atoms with van der Waals surface area (Å²) < 4.78 is 0.754. The van der Waals surface area contributed by atoms with Gasteiger partial charge in [0.2, 0.25) is 5.91 Å². The van der Waals surface area contributed by atoms with Crippen LogP contribution in [0.4, 0.5) is 10.5 Å². The predicted molar refractivity (Wildman–Crippen MR) is 81.9 cm³/mol. The van der Waals surface area contributed by atoms with Gasteiger partial charge in [0, 0.05) is 16.4 Å². The third kappa shape index (κ3) is 5.44. The molecule has 0 aliphatic heterocycles. The van der Waals surface area contributed by atoms with Crippen LogP contribution in [-0.2, 0) is 4.79 Å². The zero-order chi connectivity index (χ0) is 16.0. The highest BCUT2D eigenvalue weighted by Gasteiger charge is 2.18. The van der Waals surface area contributed by atoms with Crippen LogP contribution in [0.25, 0.3) is 0 Å². The molecule has 7 heteroatoms.